The summed E-state index contributed by atoms with van der Waals surface area (Å²) in [5.41, 5.74) is -0.791. The molecule has 1 saturated carbocycles. The predicted octanol–water partition coefficient (Wildman–Crippen LogP) is 1.66. The zero-order valence-corrected chi connectivity index (χ0v) is 9.63. The summed E-state index contributed by atoms with van der Waals surface area (Å²) in [5, 5.41) is 22.5. The molecule has 1 aromatic rings. The molecule has 0 saturated heterocycles. The summed E-state index contributed by atoms with van der Waals surface area (Å²) < 4.78 is 0. The molecule has 1 aromatic heterocycles. The molecule has 0 aromatic carbocycles. The maximum atomic E-state index is 11.1. The van der Waals surface area contributed by atoms with Gasteiger partial charge < -0.3 is 10.4 Å². The maximum Gasteiger partial charge on any atom is 0.311 e. The fourth-order valence-corrected chi connectivity index (χ4v) is 1.93. The number of nitro groups is 1. The van der Waals surface area contributed by atoms with Gasteiger partial charge in [-0.15, -0.1) is 0 Å². The molecule has 2 N–H and O–H groups in total. The average Bonchev–Trinajstić information content (AvgIpc) is 2.27. The Morgan fingerprint density at radius 2 is 2.28 bits per heavy atom. The van der Waals surface area contributed by atoms with E-state index in [1.54, 1.807) is 0 Å². The Hall–Kier alpha value is -2.18. The van der Waals surface area contributed by atoms with Crippen molar-refractivity contribution in [2.24, 2.45) is 5.41 Å². The number of hydrogen-bond donors (Lipinski definition) is 2. The van der Waals surface area contributed by atoms with Crippen LogP contribution in [0.1, 0.15) is 19.3 Å². The summed E-state index contributed by atoms with van der Waals surface area (Å²) in [6.45, 7) is 0.299. The van der Waals surface area contributed by atoms with Gasteiger partial charge in [0.25, 0.3) is 5.69 Å². The smallest absolute Gasteiger partial charge is 0.311 e. The molecule has 96 valence electrons. The van der Waals surface area contributed by atoms with Gasteiger partial charge in [0.1, 0.15) is 12.0 Å². The van der Waals surface area contributed by atoms with Gasteiger partial charge in [-0.05, 0) is 18.9 Å². The Labute approximate surface area is 103 Å². The quantitative estimate of drug-likeness (QED) is 0.609. The first-order chi connectivity index (χ1) is 8.53. The monoisotopic (exact) mass is 251 g/mol. The van der Waals surface area contributed by atoms with E-state index >= 15 is 0 Å². The minimum atomic E-state index is -0.803. The van der Waals surface area contributed by atoms with Gasteiger partial charge in [-0.3, -0.25) is 14.9 Å². The van der Waals surface area contributed by atoms with Crippen LogP contribution in [0.25, 0.3) is 0 Å². The number of pyridine rings is 1. The van der Waals surface area contributed by atoms with Gasteiger partial charge in [0.2, 0.25) is 0 Å². The van der Waals surface area contributed by atoms with Crippen LogP contribution in [0.3, 0.4) is 0 Å². The van der Waals surface area contributed by atoms with E-state index in [4.69, 9.17) is 5.11 Å². The van der Waals surface area contributed by atoms with Crippen molar-refractivity contribution < 1.29 is 14.8 Å². The number of anilines is 1. The molecule has 1 fully saturated rings. The number of hydrogen-bond acceptors (Lipinski definition) is 5. The van der Waals surface area contributed by atoms with Crippen molar-refractivity contribution >= 4 is 17.5 Å². The molecular formula is C11H13N3O4. The lowest BCUT2D eigenvalue weighted by Crippen LogP contribution is -2.43. The van der Waals surface area contributed by atoms with E-state index < -0.39 is 16.3 Å². The molecule has 0 aliphatic heterocycles. The molecule has 0 unspecified atom stereocenters. The minimum absolute atomic E-state index is 0.0860. The third kappa shape index (κ3) is 2.24. The highest BCUT2D eigenvalue weighted by molar-refractivity contribution is 5.76. The Morgan fingerprint density at radius 1 is 1.56 bits per heavy atom. The van der Waals surface area contributed by atoms with Gasteiger partial charge in [0.05, 0.1) is 10.3 Å². The van der Waals surface area contributed by atoms with E-state index in [9.17, 15) is 14.9 Å². The second-order valence-corrected chi connectivity index (χ2v) is 4.45. The van der Waals surface area contributed by atoms with E-state index in [2.05, 4.69) is 10.3 Å². The van der Waals surface area contributed by atoms with Gasteiger partial charge in [0.15, 0.2) is 0 Å². The third-order valence-corrected chi connectivity index (χ3v) is 3.33. The predicted molar refractivity (Wildman–Crippen MR) is 63.3 cm³/mol. The van der Waals surface area contributed by atoms with Crippen LogP contribution in [-0.4, -0.2) is 27.5 Å². The first kappa shape index (κ1) is 12.3. The average molecular weight is 251 g/mol. The molecule has 0 radical (unpaired) electrons. The topological polar surface area (TPSA) is 105 Å². The summed E-state index contributed by atoms with van der Waals surface area (Å²) in [7, 11) is 0. The van der Waals surface area contributed by atoms with E-state index in [1.807, 2.05) is 0 Å². The molecular weight excluding hydrogens is 238 g/mol. The molecule has 0 bridgehead atoms. The first-order valence-electron chi connectivity index (χ1n) is 5.61. The Balaban J connectivity index is 1.98. The van der Waals surface area contributed by atoms with Crippen LogP contribution in [-0.2, 0) is 4.79 Å². The van der Waals surface area contributed by atoms with Crippen LogP contribution in [0.15, 0.2) is 18.3 Å². The highest BCUT2D eigenvalue weighted by Gasteiger charge is 2.44. The van der Waals surface area contributed by atoms with E-state index in [1.165, 1.54) is 12.1 Å². The van der Waals surface area contributed by atoms with Crippen molar-refractivity contribution in [1.82, 2.24) is 4.98 Å². The second-order valence-electron chi connectivity index (χ2n) is 4.45. The number of aliphatic carboxylic acids is 1. The number of carbonyl (C=O) groups is 1. The number of nitrogens with zero attached hydrogens (tertiary/aromatic N) is 2. The zero-order chi connectivity index (χ0) is 13.2. The van der Waals surface area contributed by atoms with Crippen LogP contribution in [0.5, 0.6) is 0 Å². The van der Waals surface area contributed by atoms with Crippen LogP contribution in [0, 0.1) is 15.5 Å². The molecule has 0 amide bonds. The minimum Gasteiger partial charge on any atom is -0.481 e. The van der Waals surface area contributed by atoms with E-state index in [0.29, 0.717) is 25.2 Å². The number of aromatic nitrogens is 1. The molecule has 1 heterocycles. The standard InChI is InChI=1S/C11H13N3O4/c15-10(16)11(4-1-5-11)7-13-9-3-2-8(6-12-9)14(17)18/h2-3,6H,1,4-5,7H2,(H,12,13)(H,15,16). The zero-order valence-electron chi connectivity index (χ0n) is 9.63. The lowest BCUT2D eigenvalue weighted by atomic mass is 9.69. The molecule has 0 atom stereocenters. The molecule has 2 rings (SSSR count). The molecule has 7 nitrogen and oxygen atoms in total. The highest BCUT2D eigenvalue weighted by atomic mass is 16.6. The molecule has 1 aliphatic rings. The number of nitrogens with one attached hydrogen (secondary N) is 1. The second kappa shape index (κ2) is 4.59. The van der Waals surface area contributed by atoms with Gasteiger partial charge >= 0.3 is 5.97 Å². The molecule has 18 heavy (non-hydrogen) atoms. The van der Waals surface area contributed by atoms with Crippen molar-refractivity contribution in [2.45, 2.75) is 19.3 Å². The normalized spacial score (nSPS) is 16.7. The summed E-state index contributed by atoms with van der Waals surface area (Å²) in [4.78, 5) is 24.9. The summed E-state index contributed by atoms with van der Waals surface area (Å²) in [6.07, 6.45) is 3.38. The Morgan fingerprint density at radius 3 is 2.67 bits per heavy atom. The van der Waals surface area contributed by atoms with Crippen LogP contribution >= 0.6 is 0 Å². The van der Waals surface area contributed by atoms with Crippen LogP contribution in [0.4, 0.5) is 11.5 Å². The van der Waals surface area contributed by atoms with Crippen molar-refractivity contribution in [2.75, 3.05) is 11.9 Å². The van der Waals surface area contributed by atoms with Gasteiger partial charge in [-0.2, -0.15) is 0 Å². The first-order valence-corrected chi connectivity index (χ1v) is 5.61. The van der Waals surface area contributed by atoms with E-state index in [0.717, 1.165) is 12.6 Å². The number of carboxylic acids is 1. The molecule has 0 spiro atoms. The summed E-state index contributed by atoms with van der Waals surface area (Å²) in [6, 6.07) is 2.82. The lowest BCUT2D eigenvalue weighted by molar-refractivity contribution is -0.385. The van der Waals surface area contributed by atoms with Crippen molar-refractivity contribution in [3.05, 3.63) is 28.4 Å². The third-order valence-electron chi connectivity index (χ3n) is 3.33. The lowest BCUT2D eigenvalue weighted by Gasteiger charge is -2.37. The fourth-order valence-electron chi connectivity index (χ4n) is 1.93. The van der Waals surface area contributed by atoms with Gasteiger partial charge in [0, 0.05) is 12.6 Å². The molecule has 7 heteroatoms. The van der Waals surface area contributed by atoms with Crippen LogP contribution in [0.2, 0.25) is 0 Å². The SMILES string of the molecule is O=C(O)C1(CNc2ccc([N+](=O)[O-])cn2)CCC1. The number of carboxylic acid groups (broad SMARTS) is 1. The van der Waals surface area contributed by atoms with Crippen LogP contribution < -0.4 is 5.32 Å². The van der Waals surface area contributed by atoms with Gasteiger partial charge in [-0.25, -0.2) is 4.98 Å². The van der Waals surface area contributed by atoms with Gasteiger partial charge in [-0.1, -0.05) is 6.42 Å². The molecule has 1 aliphatic carbocycles. The summed E-state index contributed by atoms with van der Waals surface area (Å²) >= 11 is 0. The van der Waals surface area contributed by atoms with Crippen molar-refractivity contribution in [3.8, 4) is 0 Å². The fraction of sp³-hybridized carbons (Fsp3) is 0.455. The van der Waals surface area contributed by atoms with Crippen molar-refractivity contribution in [1.29, 1.82) is 0 Å². The maximum absolute atomic E-state index is 11.1. The Bertz CT molecular complexity index is 468. The highest BCUT2D eigenvalue weighted by Crippen LogP contribution is 2.41. The largest absolute Gasteiger partial charge is 0.481 e. The van der Waals surface area contributed by atoms with Crippen molar-refractivity contribution in [3.63, 3.8) is 0 Å². The Kier molecular flexibility index (Phi) is 3.14. The summed E-state index contributed by atoms with van der Waals surface area (Å²) in [5.74, 6) is -0.351. The van der Waals surface area contributed by atoms with E-state index in [-0.39, 0.29) is 5.69 Å². The number of rotatable bonds is 5.